The third-order valence-electron chi connectivity index (χ3n) is 4.79. The van der Waals surface area contributed by atoms with Crippen molar-refractivity contribution in [3.63, 3.8) is 0 Å². The quantitative estimate of drug-likeness (QED) is 0.371. The zero-order valence-corrected chi connectivity index (χ0v) is 13.4. The van der Waals surface area contributed by atoms with Gasteiger partial charge in [0.05, 0.1) is 11.0 Å². The van der Waals surface area contributed by atoms with Gasteiger partial charge >= 0.3 is 0 Å². The molecule has 2 heteroatoms. The summed E-state index contributed by atoms with van der Waals surface area (Å²) in [6, 6.07) is 27.8. The Bertz CT molecular complexity index is 1210. The Kier molecular flexibility index (Phi) is 2.74. The van der Waals surface area contributed by atoms with Gasteiger partial charge in [0.1, 0.15) is 5.82 Å². The molecule has 2 nitrogen and oxygen atoms in total. The third-order valence-corrected chi connectivity index (χ3v) is 4.79. The standard InChI is InChI=1S/C22H16N2/c1-24-21-9-5-4-8-20(21)23-22(24)17-12-13-19-16(14-17)11-10-15-6-2-3-7-18(15)19/h2-14H,1H3. The Labute approximate surface area is 140 Å². The van der Waals surface area contributed by atoms with E-state index in [-0.39, 0.29) is 0 Å². The number of imidazole rings is 1. The summed E-state index contributed by atoms with van der Waals surface area (Å²) < 4.78 is 2.16. The lowest BCUT2D eigenvalue weighted by molar-refractivity contribution is 0.960. The van der Waals surface area contributed by atoms with E-state index in [9.17, 15) is 0 Å². The van der Waals surface area contributed by atoms with Gasteiger partial charge in [-0.3, -0.25) is 0 Å². The second kappa shape index (κ2) is 4.93. The van der Waals surface area contributed by atoms with Crippen LogP contribution in [0.25, 0.3) is 44.0 Å². The first-order valence-corrected chi connectivity index (χ1v) is 8.15. The largest absolute Gasteiger partial charge is 0.327 e. The first-order chi connectivity index (χ1) is 11.8. The molecule has 0 amide bonds. The van der Waals surface area contributed by atoms with Crippen molar-refractivity contribution in [2.24, 2.45) is 7.05 Å². The van der Waals surface area contributed by atoms with Crippen LogP contribution in [0.2, 0.25) is 0 Å². The zero-order chi connectivity index (χ0) is 16.1. The number of rotatable bonds is 1. The van der Waals surface area contributed by atoms with Gasteiger partial charge in [-0.2, -0.15) is 0 Å². The minimum absolute atomic E-state index is 1.01. The van der Waals surface area contributed by atoms with Crippen molar-refractivity contribution in [2.75, 3.05) is 0 Å². The highest BCUT2D eigenvalue weighted by molar-refractivity contribution is 6.08. The maximum absolute atomic E-state index is 4.81. The summed E-state index contributed by atoms with van der Waals surface area (Å²) in [5.74, 6) is 1.01. The minimum Gasteiger partial charge on any atom is -0.327 e. The molecule has 0 spiro atoms. The monoisotopic (exact) mass is 308 g/mol. The molecular formula is C22H16N2. The fraction of sp³-hybridized carbons (Fsp3) is 0.0455. The molecule has 1 aromatic heterocycles. The second-order valence-electron chi connectivity index (χ2n) is 6.21. The van der Waals surface area contributed by atoms with Crippen LogP contribution in [0.4, 0.5) is 0 Å². The molecule has 5 rings (SSSR count). The molecule has 114 valence electrons. The Balaban J connectivity index is 1.77. The maximum Gasteiger partial charge on any atom is 0.140 e. The number of benzene rings is 4. The summed E-state index contributed by atoms with van der Waals surface area (Å²) in [7, 11) is 2.08. The lowest BCUT2D eigenvalue weighted by atomic mass is 10.00. The summed E-state index contributed by atoms with van der Waals surface area (Å²) >= 11 is 0. The van der Waals surface area contributed by atoms with E-state index in [1.54, 1.807) is 0 Å². The molecule has 0 saturated carbocycles. The van der Waals surface area contributed by atoms with E-state index in [4.69, 9.17) is 4.98 Å². The number of aryl methyl sites for hydroxylation is 1. The topological polar surface area (TPSA) is 17.8 Å². The smallest absolute Gasteiger partial charge is 0.140 e. The average Bonchev–Trinajstić information content (AvgIpc) is 2.98. The van der Waals surface area contributed by atoms with Crippen LogP contribution in [-0.4, -0.2) is 9.55 Å². The molecule has 0 N–H and O–H groups in total. The summed E-state index contributed by atoms with van der Waals surface area (Å²) in [4.78, 5) is 4.81. The first-order valence-electron chi connectivity index (χ1n) is 8.15. The van der Waals surface area contributed by atoms with E-state index in [1.807, 2.05) is 6.07 Å². The Hall–Kier alpha value is -3.13. The van der Waals surface area contributed by atoms with Crippen molar-refractivity contribution in [1.29, 1.82) is 0 Å². The second-order valence-corrected chi connectivity index (χ2v) is 6.21. The van der Waals surface area contributed by atoms with Crippen LogP contribution in [0.1, 0.15) is 0 Å². The van der Waals surface area contributed by atoms with Gasteiger partial charge in [-0.15, -0.1) is 0 Å². The zero-order valence-electron chi connectivity index (χ0n) is 13.4. The van der Waals surface area contributed by atoms with E-state index in [0.717, 1.165) is 22.4 Å². The highest BCUT2D eigenvalue weighted by Crippen LogP contribution is 2.30. The summed E-state index contributed by atoms with van der Waals surface area (Å²) in [6.45, 7) is 0. The molecule has 0 radical (unpaired) electrons. The van der Waals surface area contributed by atoms with Crippen molar-refractivity contribution in [3.8, 4) is 11.4 Å². The fourth-order valence-electron chi connectivity index (χ4n) is 3.56. The molecule has 24 heavy (non-hydrogen) atoms. The van der Waals surface area contributed by atoms with Crippen LogP contribution in [-0.2, 0) is 7.05 Å². The summed E-state index contributed by atoms with van der Waals surface area (Å²) in [5, 5.41) is 5.11. The molecule has 0 fully saturated rings. The molecule has 5 aromatic rings. The number of nitrogens with zero attached hydrogens (tertiary/aromatic N) is 2. The predicted octanol–water partition coefficient (Wildman–Crippen LogP) is 5.55. The van der Waals surface area contributed by atoms with E-state index in [0.29, 0.717) is 0 Å². The number of para-hydroxylation sites is 2. The minimum atomic E-state index is 1.01. The van der Waals surface area contributed by atoms with Crippen molar-refractivity contribution in [2.45, 2.75) is 0 Å². The molecule has 0 aliphatic heterocycles. The van der Waals surface area contributed by atoms with Crippen molar-refractivity contribution in [1.82, 2.24) is 9.55 Å². The van der Waals surface area contributed by atoms with E-state index < -0.39 is 0 Å². The number of hydrogen-bond acceptors (Lipinski definition) is 1. The molecule has 1 heterocycles. The summed E-state index contributed by atoms with van der Waals surface area (Å²) in [5.41, 5.74) is 3.34. The third kappa shape index (κ3) is 1.86. The molecule has 4 aromatic carbocycles. The number of fused-ring (bicyclic) bond motifs is 4. The van der Waals surface area contributed by atoms with Gasteiger partial charge in [0.25, 0.3) is 0 Å². The molecule has 0 aliphatic rings. The normalized spacial score (nSPS) is 11.5. The van der Waals surface area contributed by atoms with E-state index >= 15 is 0 Å². The van der Waals surface area contributed by atoms with E-state index in [1.165, 1.54) is 21.5 Å². The maximum atomic E-state index is 4.81. The van der Waals surface area contributed by atoms with Crippen LogP contribution < -0.4 is 0 Å². The van der Waals surface area contributed by atoms with Crippen LogP contribution in [0.3, 0.4) is 0 Å². The fourth-order valence-corrected chi connectivity index (χ4v) is 3.56. The molecular weight excluding hydrogens is 292 g/mol. The van der Waals surface area contributed by atoms with Crippen molar-refractivity contribution >= 4 is 32.6 Å². The van der Waals surface area contributed by atoms with Crippen molar-refractivity contribution in [3.05, 3.63) is 78.9 Å². The summed E-state index contributed by atoms with van der Waals surface area (Å²) in [6.07, 6.45) is 0. The van der Waals surface area contributed by atoms with Gasteiger partial charge in [-0.05, 0) is 39.7 Å². The van der Waals surface area contributed by atoms with Crippen LogP contribution in [0.5, 0.6) is 0 Å². The van der Waals surface area contributed by atoms with E-state index in [2.05, 4.69) is 84.4 Å². The van der Waals surface area contributed by atoms with Crippen molar-refractivity contribution < 1.29 is 0 Å². The Morgan fingerprint density at radius 2 is 1.46 bits per heavy atom. The number of hydrogen-bond donors (Lipinski definition) is 0. The molecule has 0 atom stereocenters. The number of aromatic nitrogens is 2. The van der Waals surface area contributed by atoms with Crippen LogP contribution in [0, 0.1) is 0 Å². The highest BCUT2D eigenvalue weighted by atomic mass is 15.1. The van der Waals surface area contributed by atoms with Gasteiger partial charge in [0.2, 0.25) is 0 Å². The Morgan fingerprint density at radius 1 is 0.708 bits per heavy atom. The van der Waals surface area contributed by atoms with Gasteiger partial charge < -0.3 is 4.57 Å². The first kappa shape index (κ1) is 13.3. The Morgan fingerprint density at radius 3 is 2.38 bits per heavy atom. The SMILES string of the molecule is Cn1c(-c2ccc3c(ccc4ccccc43)c2)nc2ccccc21. The van der Waals surface area contributed by atoms with Gasteiger partial charge in [0.15, 0.2) is 0 Å². The molecule has 0 saturated heterocycles. The van der Waals surface area contributed by atoms with Crippen LogP contribution >= 0.6 is 0 Å². The van der Waals surface area contributed by atoms with Gasteiger partial charge in [-0.25, -0.2) is 4.98 Å². The predicted molar refractivity (Wildman–Crippen MR) is 101 cm³/mol. The van der Waals surface area contributed by atoms with Gasteiger partial charge in [-0.1, -0.05) is 60.7 Å². The van der Waals surface area contributed by atoms with Crippen LogP contribution in [0.15, 0.2) is 78.9 Å². The van der Waals surface area contributed by atoms with Gasteiger partial charge in [0, 0.05) is 12.6 Å². The average molecular weight is 308 g/mol. The lowest BCUT2D eigenvalue weighted by Crippen LogP contribution is -1.92. The molecule has 0 unspecified atom stereocenters. The molecule has 0 bridgehead atoms. The highest BCUT2D eigenvalue weighted by Gasteiger charge is 2.10. The molecule has 0 aliphatic carbocycles. The lowest BCUT2D eigenvalue weighted by Gasteiger charge is -2.07.